The summed E-state index contributed by atoms with van der Waals surface area (Å²) in [5.74, 6) is 0.533. The van der Waals surface area contributed by atoms with Crippen LogP contribution in [0.2, 0.25) is 0 Å². The Labute approximate surface area is 106 Å². The molecule has 8 heteroatoms. The molecule has 0 amide bonds. The van der Waals surface area contributed by atoms with Gasteiger partial charge in [0.2, 0.25) is 0 Å². The van der Waals surface area contributed by atoms with Crippen LogP contribution < -0.4 is 0 Å². The van der Waals surface area contributed by atoms with Crippen LogP contribution in [0.15, 0.2) is 0 Å². The van der Waals surface area contributed by atoms with Gasteiger partial charge in [-0.05, 0) is 25.2 Å². The monoisotopic (exact) mass is 292 g/mol. The molecule has 0 aliphatic heterocycles. The Balaban J connectivity index is 3.53. The number of rotatable bonds is 9. The highest BCUT2D eigenvalue weighted by Gasteiger charge is 2.47. The maximum Gasteiger partial charge on any atom is 0.523 e. The van der Waals surface area contributed by atoms with E-state index in [0.717, 1.165) is 6.42 Å². The normalized spacial score (nSPS) is 13.2. The summed E-state index contributed by atoms with van der Waals surface area (Å²) in [6, 6.07) is 0. The molecule has 0 rings (SSSR count). The molecular formula is C10H19F3O4S. The SMILES string of the molecule is CC(C)CCOCCCCOS(=O)(=O)C(F)(F)F. The minimum Gasteiger partial charge on any atom is -0.381 e. The molecule has 0 fully saturated rings. The minimum atomic E-state index is -5.45. The fraction of sp³-hybridized carbons (Fsp3) is 1.00. The van der Waals surface area contributed by atoms with Crippen LogP contribution in [0.5, 0.6) is 0 Å². The number of ether oxygens (including phenoxy) is 1. The summed E-state index contributed by atoms with van der Waals surface area (Å²) in [4.78, 5) is 0. The lowest BCUT2D eigenvalue weighted by Gasteiger charge is -2.08. The van der Waals surface area contributed by atoms with Crippen molar-refractivity contribution >= 4 is 10.1 Å². The number of unbranched alkanes of at least 4 members (excludes halogenated alkanes) is 1. The molecule has 0 bridgehead atoms. The first-order valence-electron chi connectivity index (χ1n) is 5.70. The molecule has 0 N–H and O–H groups in total. The van der Waals surface area contributed by atoms with Gasteiger partial charge in [-0.3, -0.25) is 4.18 Å². The van der Waals surface area contributed by atoms with E-state index in [9.17, 15) is 21.6 Å². The molecule has 4 nitrogen and oxygen atoms in total. The Morgan fingerprint density at radius 1 is 1.06 bits per heavy atom. The van der Waals surface area contributed by atoms with E-state index >= 15 is 0 Å². The molecule has 0 aromatic heterocycles. The van der Waals surface area contributed by atoms with Crippen LogP contribution in [0.1, 0.15) is 33.1 Å². The van der Waals surface area contributed by atoms with E-state index in [1.165, 1.54) is 0 Å². The summed E-state index contributed by atoms with van der Waals surface area (Å²) in [5.41, 5.74) is -5.35. The summed E-state index contributed by atoms with van der Waals surface area (Å²) in [7, 11) is -5.45. The van der Waals surface area contributed by atoms with Gasteiger partial charge in [-0.25, -0.2) is 0 Å². The highest BCUT2D eigenvalue weighted by molar-refractivity contribution is 7.87. The molecule has 0 aromatic carbocycles. The molecule has 0 atom stereocenters. The molecule has 0 spiro atoms. The number of hydrogen-bond acceptors (Lipinski definition) is 4. The minimum absolute atomic E-state index is 0.205. The van der Waals surface area contributed by atoms with E-state index in [1.807, 2.05) is 0 Å². The van der Waals surface area contributed by atoms with Gasteiger partial charge < -0.3 is 4.74 Å². The van der Waals surface area contributed by atoms with Crippen molar-refractivity contribution in [2.75, 3.05) is 19.8 Å². The van der Waals surface area contributed by atoms with Crippen LogP contribution in [0.4, 0.5) is 13.2 Å². The van der Waals surface area contributed by atoms with Gasteiger partial charge in [-0.1, -0.05) is 13.8 Å². The summed E-state index contributed by atoms with van der Waals surface area (Å²) in [6.07, 6.45) is 1.58. The Morgan fingerprint density at radius 2 is 1.61 bits per heavy atom. The first-order valence-corrected chi connectivity index (χ1v) is 7.11. The van der Waals surface area contributed by atoms with Crippen molar-refractivity contribution in [3.63, 3.8) is 0 Å². The van der Waals surface area contributed by atoms with Crippen LogP contribution in [-0.2, 0) is 19.0 Å². The maximum absolute atomic E-state index is 11.8. The van der Waals surface area contributed by atoms with Gasteiger partial charge in [-0.2, -0.15) is 21.6 Å². The van der Waals surface area contributed by atoms with Crippen molar-refractivity contribution in [2.24, 2.45) is 5.92 Å². The number of halogens is 3. The zero-order chi connectivity index (χ0) is 14.2. The fourth-order valence-corrected chi connectivity index (χ4v) is 1.43. The second-order valence-corrected chi connectivity index (χ2v) is 5.83. The Hall–Kier alpha value is -0.340. The van der Waals surface area contributed by atoms with Crippen molar-refractivity contribution in [3.05, 3.63) is 0 Å². The lowest BCUT2D eigenvalue weighted by atomic mass is 10.1. The van der Waals surface area contributed by atoms with Gasteiger partial charge in [0.1, 0.15) is 0 Å². The molecular weight excluding hydrogens is 273 g/mol. The molecule has 18 heavy (non-hydrogen) atoms. The standard InChI is InChI=1S/C10H19F3O4S/c1-9(2)5-8-16-6-3-4-7-17-18(14,15)10(11,12)13/h9H,3-8H2,1-2H3. The van der Waals surface area contributed by atoms with Crippen LogP contribution in [-0.4, -0.2) is 33.7 Å². The molecule has 0 aliphatic rings. The van der Waals surface area contributed by atoms with Gasteiger partial charge >= 0.3 is 15.6 Å². The summed E-state index contributed by atoms with van der Waals surface area (Å²) >= 11 is 0. The molecule has 0 aliphatic carbocycles. The Kier molecular flexibility index (Phi) is 7.81. The molecule has 0 unspecified atom stereocenters. The Morgan fingerprint density at radius 3 is 2.11 bits per heavy atom. The molecule has 0 heterocycles. The third-order valence-corrected chi connectivity index (χ3v) is 3.09. The largest absolute Gasteiger partial charge is 0.523 e. The van der Waals surface area contributed by atoms with Crippen molar-refractivity contribution in [1.82, 2.24) is 0 Å². The van der Waals surface area contributed by atoms with E-state index < -0.39 is 22.2 Å². The number of hydrogen-bond donors (Lipinski definition) is 0. The summed E-state index contributed by atoms with van der Waals surface area (Å²) in [6.45, 7) is 4.62. The van der Waals surface area contributed by atoms with Crippen LogP contribution >= 0.6 is 0 Å². The summed E-state index contributed by atoms with van der Waals surface area (Å²) < 4.78 is 65.6. The summed E-state index contributed by atoms with van der Waals surface area (Å²) in [5, 5.41) is 0. The zero-order valence-electron chi connectivity index (χ0n) is 10.5. The van der Waals surface area contributed by atoms with Crippen molar-refractivity contribution in [2.45, 2.75) is 38.6 Å². The lowest BCUT2D eigenvalue weighted by molar-refractivity contribution is -0.0543. The first-order chi connectivity index (χ1) is 8.17. The van der Waals surface area contributed by atoms with Gasteiger partial charge in [0.15, 0.2) is 0 Å². The van der Waals surface area contributed by atoms with E-state index in [4.69, 9.17) is 4.74 Å². The third-order valence-electron chi connectivity index (χ3n) is 2.04. The zero-order valence-corrected chi connectivity index (χ0v) is 11.3. The average molecular weight is 292 g/mol. The van der Waals surface area contributed by atoms with Gasteiger partial charge in [0.05, 0.1) is 6.61 Å². The molecule has 110 valence electrons. The van der Waals surface area contributed by atoms with Gasteiger partial charge in [0.25, 0.3) is 0 Å². The van der Waals surface area contributed by atoms with E-state index in [2.05, 4.69) is 18.0 Å². The molecule has 0 saturated heterocycles. The fourth-order valence-electron chi connectivity index (χ4n) is 0.963. The Bertz CT molecular complexity index is 312. The third kappa shape index (κ3) is 7.88. The second kappa shape index (κ2) is 7.96. The predicted molar refractivity (Wildman–Crippen MR) is 60.4 cm³/mol. The topological polar surface area (TPSA) is 52.6 Å². The highest BCUT2D eigenvalue weighted by Crippen LogP contribution is 2.24. The van der Waals surface area contributed by atoms with Crippen LogP contribution in [0.25, 0.3) is 0 Å². The number of alkyl halides is 3. The van der Waals surface area contributed by atoms with Crippen molar-refractivity contribution in [1.29, 1.82) is 0 Å². The van der Waals surface area contributed by atoms with Crippen molar-refractivity contribution < 1.29 is 30.5 Å². The second-order valence-electron chi connectivity index (χ2n) is 4.22. The van der Waals surface area contributed by atoms with Crippen LogP contribution in [0.3, 0.4) is 0 Å². The molecule has 0 radical (unpaired) electrons. The maximum atomic E-state index is 11.8. The first kappa shape index (κ1) is 17.7. The molecule has 0 aromatic rings. The quantitative estimate of drug-likeness (QED) is 0.372. The average Bonchev–Trinajstić information content (AvgIpc) is 2.19. The van der Waals surface area contributed by atoms with Crippen molar-refractivity contribution in [3.8, 4) is 0 Å². The smallest absolute Gasteiger partial charge is 0.381 e. The van der Waals surface area contributed by atoms with E-state index in [1.54, 1.807) is 0 Å². The van der Waals surface area contributed by atoms with E-state index in [0.29, 0.717) is 25.6 Å². The van der Waals surface area contributed by atoms with Gasteiger partial charge in [0, 0.05) is 13.2 Å². The molecule has 0 saturated carbocycles. The van der Waals surface area contributed by atoms with Gasteiger partial charge in [-0.15, -0.1) is 0 Å². The van der Waals surface area contributed by atoms with Crippen LogP contribution in [0, 0.1) is 5.92 Å². The van der Waals surface area contributed by atoms with E-state index in [-0.39, 0.29) is 6.42 Å². The lowest BCUT2D eigenvalue weighted by Crippen LogP contribution is -2.25. The highest BCUT2D eigenvalue weighted by atomic mass is 32.2. The predicted octanol–water partition coefficient (Wildman–Crippen LogP) is 2.70.